The van der Waals surface area contributed by atoms with Crippen molar-refractivity contribution in [1.29, 1.82) is 0 Å². The molecular formula is C50H70Cl2O18. The molecule has 0 aromatic heterocycles. The van der Waals surface area contributed by atoms with Crippen LogP contribution >= 0.6 is 23.2 Å². The third kappa shape index (κ3) is 14.3. The van der Waals surface area contributed by atoms with E-state index < -0.39 is 132 Å². The number of aliphatic hydroxyl groups is 6. The van der Waals surface area contributed by atoms with Crippen molar-refractivity contribution in [3.05, 3.63) is 79.9 Å². The summed E-state index contributed by atoms with van der Waals surface area (Å²) >= 11 is 12.0. The summed E-state index contributed by atoms with van der Waals surface area (Å²) in [6.45, 7) is 17.3. The first-order chi connectivity index (χ1) is 32.6. The number of Topliss-reactive ketones (excluding diaryl/α,β-unsaturated/α-hetero) is 1. The molecule has 14 atom stereocenters. The van der Waals surface area contributed by atoms with Crippen molar-refractivity contribution in [3.63, 3.8) is 0 Å². The maximum atomic E-state index is 13.9. The Bertz CT molecular complexity index is 2150. The fourth-order valence-electron chi connectivity index (χ4n) is 8.16. The molecule has 0 saturated carbocycles. The summed E-state index contributed by atoms with van der Waals surface area (Å²) in [5.74, 6) is -4.51. The van der Waals surface area contributed by atoms with Crippen LogP contribution in [-0.2, 0) is 42.7 Å². The summed E-state index contributed by atoms with van der Waals surface area (Å²) in [6.07, 6.45) is -7.59. The molecule has 20 heteroatoms. The zero-order valence-electron chi connectivity index (χ0n) is 41.4. The van der Waals surface area contributed by atoms with Crippen LogP contribution in [0.1, 0.15) is 98.0 Å². The van der Waals surface area contributed by atoms with Crippen LogP contribution < -0.4 is 0 Å². The van der Waals surface area contributed by atoms with Gasteiger partial charge in [-0.05, 0) is 97.1 Å². The third-order valence-corrected chi connectivity index (χ3v) is 13.4. The number of benzene rings is 1. The molecule has 1 aromatic carbocycles. The molecular weight excluding hydrogens is 959 g/mol. The zero-order valence-corrected chi connectivity index (χ0v) is 42.9. The zero-order chi connectivity index (χ0) is 52.7. The number of phenols is 2. The maximum absolute atomic E-state index is 13.9. The van der Waals surface area contributed by atoms with Gasteiger partial charge in [-0.15, -0.1) is 0 Å². The minimum Gasteiger partial charge on any atom is -0.505 e. The van der Waals surface area contributed by atoms with Crippen LogP contribution in [0.15, 0.2) is 58.7 Å². The van der Waals surface area contributed by atoms with Crippen LogP contribution in [0.25, 0.3) is 0 Å². The summed E-state index contributed by atoms with van der Waals surface area (Å²) < 4.78 is 41.5. The molecule has 0 bridgehead atoms. The van der Waals surface area contributed by atoms with E-state index in [1.165, 1.54) is 39.0 Å². The highest BCUT2D eigenvalue weighted by atomic mass is 35.5. The van der Waals surface area contributed by atoms with Gasteiger partial charge in [0.05, 0.1) is 47.2 Å². The first-order valence-electron chi connectivity index (χ1n) is 23.2. The molecule has 3 aliphatic heterocycles. The van der Waals surface area contributed by atoms with Crippen molar-refractivity contribution in [2.24, 2.45) is 11.8 Å². The topological polar surface area (TPSA) is 278 Å². The van der Waals surface area contributed by atoms with E-state index in [1.54, 1.807) is 60.6 Å². The number of cyclic esters (lactones) is 1. The summed E-state index contributed by atoms with van der Waals surface area (Å²) in [4.78, 5) is 39.5. The molecule has 70 heavy (non-hydrogen) atoms. The molecule has 1 aromatic rings. The number of hydrogen-bond donors (Lipinski definition) is 8. The average molecular weight is 1030 g/mol. The molecule has 4 rings (SSSR count). The lowest BCUT2D eigenvalue weighted by atomic mass is 9.88. The maximum Gasteiger partial charge on any atom is 0.342 e. The normalized spacial score (nSPS) is 35.4. The predicted octanol–water partition coefficient (Wildman–Crippen LogP) is 4.98. The van der Waals surface area contributed by atoms with Crippen LogP contribution in [-0.4, -0.2) is 157 Å². The number of ether oxygens (including phenoxy) is 7. The number of halogens is 2. The Labute approximate surface area is 418 Å². The number of aliphatic hydroxyl groups excluding tert-OH is 6. The molecule has 2 saturated heterocycles. The smallest absolute Gasteiger partial charge is 0.342 e. The van der Waals surface area contributed by atoms with Gasteiger partial charge >= 0.3 is 11.9 Å². The monoisotopic (exact) mass is 1030 g/mol. The minimum absolute atomic E-state index is 0.0664. The quantitative estimate of drug-likeness (QED) is 0.0956. The van der Waals surface area contributed by atoms with E-state index >= 15 is 0 Å². The van der Waals surface area contributed by atoms with Crippen molar-refractivity contribution in [2.75, 3.05) is 13.2 Å². The second-order valence-corrected chi connectivity index (χ2v) is 19.7. The molecule has 18 nitrogen and oxygen atoms in total. The SMILES string of the molecule is CC[C@H]1/C=C(\C)C(O)C/C=C/C=C(\CO[C@@H]2O[C@H](C)C(OC(=O)c3c(C)c(Cl)c(O)c(Cl)c3O)[C@H](O)[C@@H]2O)C(=O)OC([C@@H](C)O)/C=C(C)/C=C(\C)[C@@H]1O[C@@H]1OC(C)(C)[C@@H](OCC(=O)C(C)C)[C@H](O)[C@@H]1O. The molecule has 8 N–H and O–H groups in total. The van der Waals surface area contributed by atoms with E-state index in [9.17, 15) is 55.2 Å². The van der Waals surface area contributed by atoms with E-state index in [1.807, 2.05) is 13.0 Å². The van der Waals surface area contributed by atoms with Gasteiger partial charge in [-0.2, -0.15) is 0 Å². The summed E-state index contributed by atoms with van der Waals surface area (Å²) in [6, 6.07) is 0. The van der Waals surface area contributed by atoms with Crippen molar-refractivity contribution in [1.82, 2.24) is 0 Å². The third-order valence-electron chi connectivity index (χ3n) is 12.5. The Balaban J connectivity index is 1.59. The highest BCUT2D eigenvalue weighted by molar-refractivity contribution is 6.39. The number of allylic oxidation sites excluding steroid dienone is 4. The number of ketones is 1. The number of hydrogen-bond acceptors (Lipinski definition) is 18. The van der Waals surface area contributed by atoms with Crippen LogP contribution in [0.3, 0.4) is 0 Å². The van der Waals surface area contributed by atoms with Crippen LogP contribution in [0.2, 0.25) is 10.0 Å². The Hall–Kier alpha value is -3.73. The molecule has 0 spiro atoms. The largest absolute Gasteiger partial charge is 0.505 e. The Morgan fingerprint density at radius 1 is 0.886 bits per heavy atom. The van der Waals surface area contributed by atoms with E-state index in [2.05, 4.69) is 0 Å². The molecule has 0 amide bonds. The van der Waals surface area contributed by atoms with E-state index in [4.69, 9.17) is 56.4 Å². The molecule has 0 aliphatic carbocycles. The average Bonchev–Trinajstić information content (AvgIpc) is 3.29. The fraction of sp³-hybridized carbons (Fsp3) is 0.620. The molecule has 3 unspecified atom stereocenters. The second-order valence-electron chi connectivity index (χ2n) is 18.9. The molecule has 3 heterocycles. The van der Waals surface area contributed by atoms with Crippen LogP contribution in [0, 0.1) is 18.8 Å². The Morgan fingerprint density at radius 3 is 2.14 bits per heavy atom. The van der Waals surface area contributed by atoms with Gasteiger partial charge in [-0.25, -0.2) is 9.59 Å². The van der Waals surface area contributed by atoms with Gasteiger partial charge < -0.3 is 74.0 Å². The molecule has 392 valence electrons. The first-order valence-corrected chi connectivity index (χ1v) is 23.9. The molecule has 2 fully saturated rings. The predicted molar refractivity (Wildman–Crippen MR) is 256 cm³/mol. The lowest BCUT2D eigenvalue weighted by Crippen LogP contribution is -2.64. The van der Waals surface area contributed by atoms with Crippen molar-refractivity contribution < 1.29 is 88.4 Å². The van der Waals surface area contributed by atoms with Gasteiger partial charge in [0.25, 0.3) is 0 Å². The van der Waals surface area contributed by atoms with Gasteiger partial charge in [0.2, 0.25) is 0 Å². The molecule has 0 radical (unpaired) electrons. The highest BCUT2D eigenvalue weighted by Gasteiger charge is 2.52. The number of carbonyl (C=O) groups excluding carboxylic acids is 3. The minimum atomic E-state index is -1.85. The summed E-state index contributed by atoms with van der Waals surface area (Å²) in [5, 5.41) is 86.7. The van der Waals surface area contributed by atoms with Gasteiger partial charge in [0.15, 0.2) is 36.0 Å². The standard InChI is InChI=1S/C50H70Cl2O18/c1-12-29-19-24(5)31(54)16-14-13-15-30(20-65-48-41(60)39(58)44(28(9)66-48)68-47(63)34-26(7)35(51)38(57)36(52)37(34)56)46(62)67-33(27(8)53)18-23(4)17-25(6)43(29)69-49-42(61)40(59)45(50(10,11)70-49)64-21-32(55)22(2)3/h13-15,17-19,22,27-29,31,33,39-45,48-49,53-54,56-61H,12,16,20-21H2,1-11H3/b14-13+,23-18+,24-19+,25-17+,30-15+/t27-,28-,29+,31?,33?,39-,40-,41+,42+,43+,44?,45+,48-,49-/m1/s1. The number of carbonyl (C=O) groups is 3. The fourth-order valence-corrected chi connectivity index (χ4v) is 8.58. The molecule has 3 aliphatic rings. The lowest BCUT2D eigenvalue weighted by Gasteiger charge is -2.48. The van der Waals surface area contributed by atoms with E-state index in [0.717, 1.165) is 0 Å². The van der Waals surface area contributed by atoms with Crippen molar-refractivity contribution >= 4 is 40.9 Å². The second kappa shape index (κ2) is 25.3. The number of aromatic hydroxyl groups is 2. The Morgan fingerprint density at radius 2 is 1.53 bits per heavy atom. The van der Waals surface area contributed by atoms with Crippen LogP contribution in [0.5, 0.6) is 11.5 Å². The summed E-state index contributed by atoms with van der Waals surface area (Å²) in [7, 11) is 0. The van der Waals surface area contributed by atoms with Crippen molar-refractivity contribution in [2.45, 2.75) is 174 Å². The van der Waals surface area contributed by atoms with Crippen molar-refractivity contribution in [3.8, 4) is 11.5 Å². The van der Waals surface area contributed by atoms with E-state index in [-0.39, 0.29) is 40.9 Å². The Kier molecular flexibility index (Phi) is 21.2. The van der Waals surface area contributed by atoms with Crippen LogP contribution in [0.4, 0.5) is 0 Å². The van der Waals surface area contributed by atoms with E-state index in [0.29, 0.717) is 23.1 Å². The number of phenolic OH excluding ortho intramolecular Hbond substituents is 2. The summed E-state index contributed by atoms with van der Waals surface area (Å²) in [5.41, 5.74) is -0.186. The lowest BCUT2D eigenvalue weighted by molar-refractivity contribution is -0.336. The highest BCUT2D eigenvalue weighted by Crippen LogP contribution is 2.44. The number of rotatable bonds is 13. The van der Waals surface area contributed by atoms with Gasteiger partial charge in [0.1, 0.15) is 53.8 Å². The van der Waals surface area contributed by atoms with Gasteiger partial charge in [-0.3, -0.25) is 4.79 Å². The van der Waals surface area contributed by atoms with Gasteiger partial charge in [-0.1, -0.05) is 73.9 Å². The van der Waals surface area contributed by atoms with Gasteiger partial charge in [0, 0.05) is 11.8 Å². The first kappa shape index (κ1) is 58.8. The number of esters is 2.